The van der Waals surface area contributed by atoms with Gasteiger partial charge in [0.05, 0.1) is 6.20 Å². The van der Waals surface area contributed by atoms with Gasteiger partial charge in [-0.25, -0.2) is 0 Å². The van der Waals surface area contributed by atoms with Crippen LogP contribution in [0.3, 0.4) is 0 Å². The van der Waals surface area contributed by atoms with Gasteiger partial charge in [-0.2, -0.15) is 5.10 Å². The lowest BCUT2D eigenvalue weighted by molar-refractivity contribution is 0.452. The number of aromatic nitrogens is 2. The van der Waals surface area contributed by atoms with E-state index in [9.17, 15) is 0 Å². The molecule has 0 saturated heterocycles. The summed E-state index contributed by atoms with van der Waals surface area (Å²) in [5.41, 5.74) is 5.55. The Bertz CT molecular complexity index is 595. The SMILES string of the molecule is CC(C)c1ccc(CNC2CCCc3c2cnn3C)cc1. The van der Waals surface area contributed by atoms with Crippen molar-refractivity contribution in [3.63, 3.8) is 0 Å². The van der Waals surface area contributed by atoms with Crippen molar-refractivity contribution in [2.45, 2.75) is 51.6 Å². The maximum absolute atomic E-state index is 4.41. The fourth-order valence-electron chi connectivity index (χ4n) is 3.18. The molecule has 0 aliphatic heterocycles. The standard InChI is InChI=1S/C18H25N3/c1-13(2)15-9-7-14(8-10-15)11-19-17-5-4-6-18-16(17)12-20-21(18)3/h7-10,12-13,17,19H,4-6,11H2,1-3H3. The van der Waals surface area contributed by atoms with Crippen molar-refractivity contribution in [1.29, 1.82) is 0 Å². The molecule has 112 valence electrons. The molecule has 0 bridgehead atoms. The number of rotatable bonds is 4. The van der Waals surface area contributed by atoms with Crippen LogP contribution in [0, 0.1) is 0 Å². The Hall–Kier alpha value is -1.61. The predicted octanol–water partition coefficient (Wildman–Crippen LogP) is 3.71. The van der Waals surface area contributed by atoms with E-state index in [2.05, 4.69) is 48.5 Å². The summed E-state index contributed by atoms with van der Waals surface area (Å²) in [6.45, 7) is 5.40. The van der Waals surface area contributed by atoms with Crippen LogP contribution in [-0.4, -0.2) is 9.78 Å². The maximum atomic E-state index is 4.41. The van der Waals surface area contributed by atoms with E-state index in [-0.39, 0.29) is 0 Å². The molecular formula is C18H25N3. The lowest BCUT2D eigenvalue weighted by atomic mass is 9.93. The fraction of sp³-hybridized carbons (Fsp3) is 0.500. The quantitative estimate of drug-likeness (QED) is 0.927. The molecule has 3 nitrogen and oxygen atoms in total. The zero-order valence-electron chi connectivity index (χ0n) is 13.3. The second-order valence-corrected chi connectivity index (χ2v) is 6.39. The molecule has 1 N–H and O–H groups in total. The van der Waals surface area contributed by atoms with Crippen LogP contribution >= 0.6 is 0 Å². The first-order valence-corrected chi connectivity index (χ1v) is 7.98. The van der Waals surface area contributed by atoms with Crippen molar-refractivity contribution in [2.24, 2.45) is 7.05 Å². The first-order chi connectivity index (χ1) is 10.1. The molecule has 1 aromatic heterocycles. The Labute approximate surface area is 127 Å². The van der Waals surface area contributed by atoms with Crippen molar-refractivity contribution in [3.05, 3.63) is 52.8 Å². The zero-order valence-corrected chi connectivity index (χ0v) is 13.3. The van der Waals surface area contributed by atoms with Crippen LogP contribution in [-0.2, 0) is 20.0 Å². The van der Waals surface area contributed by atoms with Crippen LogP contribution in [0.4, 0.5) is 0 Å². The Balaban J connectivity index is 1.65. The van der Waals surface area contributed by atoms with Crippen molar-refractivity contribution < 1.29 is 0 Å². The van der Waals surface area contributed by atoms with E-state index >= 15 is 0 Å². The van der Waals surface area contributed by atoms with Gasteiger partial charge in [0.1, 0.15) is 0 Å². The first-order valence-electron chi connectivity index (χ1n) is 7.98. The second kappa shape index (κ2) is 6.02. The summed E-state index contributed by atoms with van der Waals surface area (Å²) in [5, 5.41) is 8.11. The van der Waals surface area contributed by atoms with Crippen molar-refractivity contribution >= 4 is 0 Å². The highest BCUT2D eigenvalue weighted by atomic mass is 15.3. The number of nitrogens with one attached hydrogen (secondary N) is 1. The summed E-state index contributed by atoms with van der Waals surface area (Å²) < 4.78 is 2.03. The van der Waals surface area contributed by atoms with Gasteiger partial charge in [-0.15, -0.1) is 0 Å². The summed E-state index contributed by atoms with van der Waals surface area (Å²) in [7, 11) is 2.05. The third kappa shape index (κ3) is 3.03. The van der Waals surface area contributed by atoms with Gasteiger partial charge < -0.3 is 5.32 Å². The van der Waals surface area contributed by atoms with Crippen LogP contribution in [0.1, 0.15) is 61.0 Å². The number of nitrogens with zero attached hydrogens (tertiary/aromatic N) is 2. The van der Waals surface area contributed by atoms with E-state index < -0.39 is 0 Å². The van der Waals surface area contributed by atoms with Crippen LogP contribution in [0.2, 0.25) is 0 Å². The van der Waals surface area contributed by atoms with E-state index in [1.165, 1.54) is 35.2 Å². The van der Waals surface area contributed by atoms with Gasteiger partial charge in [-0.05, 0) is 36.3 Å². The lowest BCUT2D eigenvalue weighted by Crippen LogP contribution is -2.24. The normalized spacial score (nSPS) is 18.0. The highest BCUT2D eigenvalue weighted by molar-refractivity contribution is 5.27. The molecule has 0 radical (unpaired) electrons. The van der Waals surface area contributed by atoms with E-state index in [1.807, 2.05) is 17.9 Å². The lowest BCUT2D eigenvalue weighted by Gasteiger charge is -2.24. The van der Waals surface area contributed by atoms with E-state index in [0.29, 0.717) is 12.0 Å². The molecule has 1 aliphatic carbocycles. The van der Waals surface area contributed by atoms with Crippen LogP contribution < -0.4 is 5.32 Å². The number of benzene rings is 1. The van der Waals surface area contributed by atoms with Gasteiger partial charge in [-0.1, -0.05) is 38.1 Å². The smallest absolute Gasteiger partial charge is 0.0540 e. The molecule has 1 unspecified atom stereocenters. The molecule has 0 amide bonds. The number of hydrogen-bond acceptors (Lipinski definition) is 2. The Morgan fingerprint density at radius 3 is 2.76 bits per heavy atom. The summed E-state index contributed by atoms with van der Waals surface area (Å²) in [5.74, 6) is 0.600. The number of fused-ring (bicyclic) bond motifs is 1. The average molecular weight is 283 g/mol. The molecule has 1 heterocycles. The molecule has 1 aromatic carbocycles. The van der Waals surface area contributed by atoms with Gasteiger partial charge in [0.15, 0.2) is 0 Å². The maximum Gasteiger partial charge on any atom is 0.0540 e. The molecule has 0 saturated carbocycles. The molecule has 3 rings (SSSR count). The molecule has 0 spiro atoms. The van der Waals surface area contributed by atoms with E-state index in [0.717, 1.165) is 13.0 Å². The minimum Gasteiger partial charge on any atom is -0.306 e. The summed E-state index contributed by atoms with van der Waals surface area (Å²) >= 11 is 0. The summed E-state index contributed by atoms with van der Waals surface area (Å²) in [6, 6.07) is 9.44. The molecular weight excluding hydrogens is 258 g/mol. The average Bonchev–Trinajstić information content (AvgIpc) is 2.88. The monoisotopic (exact) mass is 283 g/mol. The highest BCUT2D eigenvalue weighted by Crippen LogP contribution is 2.29. The van der Waals surface area contributed by atoms with Crippen LogP contribution in [0.25, 0.3) is 0 Å². The highest BCUT2D eigenvalue weighted by Gasteiger charge is 2.22. The van der Waals surface area contributed by atoms with E-state index in [4.69, 9.17) is 0 Å². The fourth-order valence-corrected chi connectivity index (χ4v) is 3.18. The third-order valence-corrected chi connectivity index (χ3v) is 4.57. The summed E-state index contributed by atoms with van der Waals surface area (Å²) in [6.07, 6.45) is 5.65. The molecule has 1 atom stereocenters. The molecule has 21 heavy (non-hydrogen) atoms. The molecule has 2 aromatic rings. The van der Waals surface area contributed by atoms with Crippen molar-refractivity contribution in [2.75, 3.05) is 0 Å². The van der Waals surface area contributed by atoms with Gasteiger partial charge in [-0.3, -0.25) is 4.68 Å². The van der Waals surface area contributed by atoms with Crippen molar-refractivity contribution in [3.8, 4) is 0 Å². The molecule has 0 fully saturated rings. The number of hydrogen-bond donors (Lipinski definition) is 1. The number of aryl methyl sites for hydroxylation is 1. The Kier molecular flexibility index (Phi) is 4.11. The first kappa shape index (κ1) is 14.3. The van der Waals surface area contributed by atoms with Gasteiger partial charge in [0.25, 0.3) is 0 Å². The topological polar surface area (TPSA) is 29.9 Å². The second-order valence-electron chi connectivity index (χ2n) is 6.39. The van der Waals surface area contributed by atoms with E-state index in [1.54, 1.807) is 0 Å². The minimum atomic E-state index is 0.451. The molecule has 1 aliphatic rings. The minimum absolute atomic E-state index is 0.451. The van der Waals surface area contributed by atoms with Crippen molar-refractivity contribution in [1.82, 2.24) is 15.1 Å². The van der Waals surface area contributed by atoms with Crippen LogP contribution in [0.15, 0.2) is 30.5 Å². The van der Waals surface area contributed by atoms with Gasteiger partial charge in [0, 0.05) is 30.9 Å². The van der Waals surface area contributed by atoms with Gasteiger partial charge in [0.2, 0.25) is 0 Å². The Morgan fingerprint density at radius 1 is 1.29 bits per heavy atom. The van der Waals surface area contributed by atoms with Crippen LogP contribution in [0.5, 0.6) is 0 Å². The Morgan fingerprint density at radius 2 is 2.05 bits per heavy atom. The van der Waals surface area contributed by atoms with Gasteiger partial charge >= 0.3 is 0 Å². The largest absolute Gasteiger partial charge is 0.306 e. The summed E-state index contributed by atoms with van der Waals surface area (Å²) in [4.78, 5) is 0. The third-order valence-electron chi connectivity index (χ3n) is 4.57. The zero-order chi connectivity index (χ0) is 14.8. The molecule has 3 heteroatoms. The predicted molar refractivity (Wildman–Crippen MR) is 86.3 cm³/mol.